The number of nitrogens with two attached hydrogens (primary N) is 1. The van der Waals surface area contributed by atoms with Gasteiger partial charge in [-0.25, -0.2) is 0 Å². The molecule has 1 fully saturated rings. The van der Waals surface area contributed by atoms with Gasteiger partial charge in [-0.15, -0.1) is 12.4 Å². The van der Waals surface area contributed by atoms with Gasteiger partial charge in [0, 0.05) is 13.1 Å². The van der Waals surface area contributed by atoms with Gasteiger partial charge < -0.3 is 21.3 Å². The summed E-state index contributed by atoms with van der Waals surface area (Å²) in [5, 5.41) is 5.09. The number of rotatable bonds is 6. The smallest absolute Gasteiger partial charge is 0.255 e. The van der Waals surface area contributed by atoms with Crippen molar-refractivity contribution >= 4 is 35.8 Å². The van der Waals surface area contributed by atoms with Crippen LogP contribution in [0.3, 0.4) is 0 Å². The topological polar surface area (TPSA) is 105 Å². The molecule has 1 aliphatic carbocycles. The first-order valence-corrected chi connectivity index (χ1v) is 8.65. The van der Waals surface area contributed by atoms with E-state index in [1.165, 1.54) is 6.42 Å². The van der Waals surface area contributed by atoms with E-state index in [9.17, 15) is 14.4 Å². The summed E-state index contributed by atoms with van der Waals surface area (Å²) in [5.41, 5.74) is 6.08. The van der Waals surface area contributed by atoms with Crippen LogP contribution in [0.2, 0.25) is 0 Å². The quantitative estimate of drug-likeness (QED) is 0.693. The molecule has 2 rings (SSSR count). The fourth-order valence-electron chi connectivity index (χ4n) is 3.05. The molecule has 0 radical (unpaired) electrons. The van der Waals surface area contributed by atoms with Crippen LogP contribution >= 0.6 is 12.4 Å². The largest absolute Gasteiger partial charge is 0.346 e. The monoisotopic (exact) mass is 382 g/mol. The normalized spacial score (nSPS) is 14.1. The van der Waals surface area contributed by atoms with Gasteiger partial charge in [0.1, 0.15) is 0 Å². The van der Waals surface area contributed by atoms with E-state index in [4.69, 9.17) is 5.73 Å². The Balaban J connectivity index is 0.00000338. The molecule has 0 unspecified atom stereocenters. The Kier molecular flexibility index (Phi) is 9.09. The highest BCUT2D eigenvalue weighted by molar-refractivity contribution is 6.04. The van der Waals surface area contributed by atoms with Crippen molar-refractivity contribution in [2.75, 3.05) is 25.5 Å². The van der Waals surface area contributed by atoms with Crippen molar-refractivity contribution in [1.82, 2.24) is 10.2 Å². The molecule has 8 heteroatoms. The molecule has 26 heavy (non-hydrogen) atoms. The number of hydrogen-bond acceptors (Lipinski definition) is 4. The lowest BCUT2D eigenvalue weighted by molar-refractivity contribution is -0.123. The summed E-state index contributed by atoms with van der Waals surface area (Å²) in [7, 11) is 1.82. The molecule has 7 nitrogen and oxygen atoms in total. The second kappa shape index (κ2) is 10.8. The first-order valence-electron chi connectivity index (χ1n) is 8.65. The molecule has 1 saturated carbocycles. The van der Waals surface area contributed by atoms with E-state index in [0.717, 1.165) is 25.7 Å². The lowest BCUT2D eigenvalue weighted by Gasteiger charge is -2.31. The number of carbonyl (C=O) groups excluding carboxylic acids is 3. The van der Waals surface area contributed by atoms with Gasteiger partial charge in [-0.3, -0.25) is 14.4 Å². The van der Waals surface area contributed by atoms with E-state index in [1.54, 1.807) is 29.2 Å². The molecular formula is C18H27ClN4O3. The van der Waals surface area contributed by atoms with E-state index in [-0.39, 0.29) is 37.4 Å². The Morgan fingerprint density at radius 1 is 1.12 bits per heavy atom. The summed E-state index contributed by atoms with van der Waals surface area (Å²) >= 11 is 0. The zero-order chi connectivity index (χ0) is 18.2. The molecule has 0 spiro atoms. The van der Waals surface area contributed by atoms with Crippen LogP contribution in [0.1, 0.15) is 42.5 Å². The molecule has 144 valence electrons. The number of anilines is 1. The van der Waals surface area contributed by atoms with Crippen LogP contribution in [0.4, 0.5) is 5.69 Å². The summed E-state index contributed by atoms with van der Waals surface area (Å²) in [5.74, 6) is -0.910. The van der Waals surface area contributed by atoms with Crippen molar-refractivity contribution in [3.05, 3.63) is 29.8 Å². The number of para-hydroxylation sites is 1. The first-order chi connectivity index (χ1) is 12.0. The van der Waals surface area contributed by atoms with Gasteiger partial charge in [0.2, 0.25) is 11.8 Å². The predicted octanol–water partition coefficient (Wildman–Crippen LogP) is 1.53. The van der Waals surface area contributed by atoms with Crippen LogP contribution in [0.5, 0.6) is 0 Å². The summed E-state index contributed by atoms with van der Waals surface area (Å²) < 4.78 is 0. The fourth-order valence-corrected chi connectivity index (χ4v) is 3.05. The van der Waals surface area contributed by atoms with Gasteiger partial charge in [0.25, 0.3) is 5.91 Å². The predicted molar refractivity (Wildman–Crippen MR) is 103 cm³/mol. The van der Waals surface area contributed by atoms with E-state index in [1.807, 2.05) is 7.05 Å². The standard InChI is InChI=1S/C18H26N4O3.ClH/c1-22(13-7-3-2-4-8-13)18(25)14-9-5-6-10-15(14)21-17(24)12-20-16(23)11-19;/h5-6,9-10,13H,2-4,7-8,11-12,19H2,1H3,(H,20,23)(H,21,24);1H. The second-order valence-electron chi connectivity index (χ2n) is 6.28. The van der Waals surface area contributed by atoms with Gasteiger partial charge in [0.05, 0.1) is 24.3 Å². The second-order valence-corrected chi connectivity index (χ2v) is 6.28. The molecule has 0 heterocycles. The number of amides is 3. The van der Waals surface area contributed by atoms with E-state index < -0.39 is 11.8 Å². The van der Waals surface area contributed by atoms with Gasteiger partial charge in [-0.1, -0.05) is 31.4 Å². The van der Waals surface area contributed by atoms with E-state index in [0.29, 0.717) is 11.3 Å². The van der Waals surface area contributed by atoms with Crippen LogP contribution in [0.15, 0.2) is 24.3 Å². The number of nitrogens with zero attached hydrogens (tertiary/aromatic N) is 1. The molecule has 0 aliphatic heterocycles. The third-order valence-corrected chi connectivity index (χ3v) is 4.51. The summed E-state index contributed by atoms with van der Waals surface area (Å²) in [6.07, 6.45) is 5.53. The molecule has 4 N–H and O–H groups in total. The van der Waals surface area contributed by atoms with Crippen LogP contribution in [-0.4, -0.2) is 48.8 Å². The van der Waals surface area contributed by atoms with Crippen molar-refractivity contribution in [3.8, 4) is 0 Å². The molecule has 3 amide bonds. The van der Waals surface area contributed by atoms with Crippen molar-refractivity contribution in [2.45, 2.75) is 38.1 Å². The van der Waals surface area contributed by atoms with Gasteiger partial charge in [-0.2, -0.15) is 0 Å². The summed E-state index contributed by atoms with van der Waals surface area (Å²) in [6.45, 7) is -0.356. The molecule has 1 aliphatic rings. The molecule has 0 bridgehead atoms. The Morgan fingerprint density at radius 3 is 2.42 bits per heavy atom. The maximum absolute atomic E-state index is 12.8. The lowest BCUT2D eigenvalue weighted by Crippen LogP contribution is -2.39. The van der Waals surface area contributed by atoms with Crippen LogP contribution < -0.4 is 16.4 Å². The Morgan fingerprint density at radius 2 is 1.77 bits per heavy atom. The maximum atomic E-state index is 12.8. The average Bonchev–Trinajstić information content (AvgIpc) is 2.66. The van der Waals surface area contributed by atoms with Crippen molar-refractivity contribution in [2.24, 2.45) is 5.73 Å². The molecular weight excluding hydrogens is 356 g/mol. The van der Waals surface area contributed by atoms with Gasteiger partial charge >= 0.3 is 0 Å². The average molecular weight is 383 g/mol. The van der Waals surface area contributed by atoms with Crippen LogP contribution in [0.25, 0.3) is 0 Å². The van der Waals surface area contributed by atoms with Crippen molar-refractivity contribution in [1.29, 1.82) is 0 Å². The van der Waals surface area contributed by atoms with Gasteiger partial charge in [-0.05, 0) is 25.0 Å². The highest BCUT2D eigenvalue weighted by Gasteiger charge is 2.24. The minimum atomic E-state index is -0.406. The highest BCUT2D eigenvalue weighted by atomic mass is 35.5. The number of halogens is 1. The third-order valence-electron chi connectivity index (χ3n) is 4.51. The minimum absolute atomic E-state index is 0. The maximum Gasteiger partial charge on any atom is 0.255 e. The van der Waals surface area contributed by atoms with Crippen molar-refractivity contribution in [3.63, 3.8) is 0 Å². The summed E-state index contributed by atoms with van der Waals surface area (Å²) in [4.78, 5) is 37.7. The first kappa shape index (κ1) is 21.9. The van der Waals surface area contributed by atoms with Crippen LogP contribution in [-0.2, 0) is 9.59 Å². The number of carbonyl (C=O) groups is 3. The zero-order valence-corrected chi connectivity index (χ0v) is 15.8. The summed E-state index contributed by atoms with van der Waals surface area (Å²) in [6, 6.07) is 7.16. The molecule has 1 aromatic carbocycles. The Labute approximate surface area is 160 Å². The molecule has 1 aromatic rings. The highest BCUT2D eigenvalue weighted by Crippen LogP contribution is 2.24. The zero-order valence-electron chi connectivity index (χ0n) is 15.0. The SMILES string of the molecule is CN(C(=O)c1ccccc1NC(=O)CNC(=O)CN)C1CCCCC1.Cl. The lowest BCUT2D eigenvalue weighted by atomic mass is 9.94. The van der Waals surface area contributed by atoms with Crippen molar-refractivity contribution < 1.29 is 14.4 Å². The van der Waals surface area contributed by atoms with E-state index >= 15 is 0 Å². The molecule has 0 aromatic heterocycles. The Hall–Kier alpha value is -2.12. The third kappa shape index (κ3) is 6.00. The van der Waals surface area contributed by atoms with E-state index in [2.05, 4.69) is 10.6 Å². The molecule has 0 saturated heterocycles. The fraction of sp³-hybridized carbons (Fsp3) is 0.500. The number of hydrogen-bond donors (Lipinski definition) is 3. The number of benzene rings is 1. The minimum Gasteiger partial charge on any atom is -0.346 e. The van der Waals surface area contributed by atoms with Gasteiger partial charge in [0.15, 0.2) is 0 Å². The molecule has 0 atom stereocenters. The number of nitrogens with one attached hydrogen (secondary N) is 2. The Bertz CT molecular complexity index is 633. The van der Waals surface area contributed by atoms with Crippen LogP contribution in [0, 0.1) is 0 Å².